The zero-order chi connectivity index (χ0) is 12.8. The first-order valence-corrected chi connectivity index (χ1v) is 7.65. The van der Waals surface area contributed by atoms with E-state index in [2.05, 4.69) is 41.7 Å². The van der Waals surface area contributed by atoms with Gasteiger partial charge in [-0.2, -0.15) is 11.8 Å². The Morgan fingerprint density at radius 2 is 2.17 bits per heavy atom. The van der Waals surface area contributed by atoms with E-state index < -0.39 is 0 Å². The van der Waals surface area contributed by atoms with E-state index in [4.69, 9.17) is 0 Å². The van der Waals surface area contributed by atoms with Crippen molar-refractivity contribution in [1.82, 2.24) is 10.3 Å². The number of benzene rings is 1. The molecule has 0 saturated heterocycles. The summed E-state index contributed by atoms with van der Waals surface area (Å²) in [5.41, 5.74) is 2.32. The summed E-state index contributed by atoms with van der Waals surface area (Å²) in [6, 6.07) is 10.5. The Morgan fingerprint density at radius 1 is 1.33 bits per heavy atom. The second-order valence-electron chi connectivity index (χ2n) is 4.55. The van der Waals surface area contributed by atoms with Crippen LogP contribution in [0.5, 0.6) is 0 Å². The van der Waals surface area contributed by atoms with Crippen molar-refractivity contribution < 1.29 is 0 Å². The van der Waals surface area contributed by atoms with Crippen LogP contribution in [0.2, 0.25) is 0 Å². The predicted molar refractivity (Wildman–Crippen MR) is 81.0 cm³/mol. The highest BCUT2D eigenvalue weighted by Crippen LogP contribution is 2.12. The molecule has 0 fully saturated rings. The lowest BCUT2D eigenvalue weighted by Crippen LogP contribution is -2.17. The molecule has 0 saturated carbocycles. The van der Waals surface area contributed by atoms with Crippen molar-refractivity contribution in [2.24, 2.45) is 0 Å². The van der Waals surface area contributed by atoms with E-state index >= 15 is 0 Å². The molecule has 1 atom stereocenters. The first-order chi connectivity index (χ1) is 8.79. The molecule has 1 N–H and O–H groups in total. The smallest absolute Gasteiger partial charge is 0.0702 e. The monoisotopic (exact) mass is 260 g/mol. The average molecular weight is 260 g/mol. The Hall–Kier alpha value is -1.06. The summed E-state index contributed by atoms with van der Waals surface area (Å²) in [4.78, 5) is 4.47. The highest BCUT2D eigenvalue weighted by Gasteiger charge is 2.00. The third-order valence-corrected chi connectivity index (χ3v) is 4.15. The molecule has 0 aliphatic heterocycles. The summed E-state index contributed by atoms with van der Waals surface area (Å²) in [5.74, 6) is 0. The minimum absolute atomic E-state index is 0.729. The second kappa shape index (κ2) is 6.76. The molecule has 1 unspecified atom stereocenters. The topological polar surface area (TPSA) is 24.9 Å². The molecular formula is C15H20N2S. The number of fused-ring (bicyclic) bond motifs is 1. The number of hydrogen-bond acceptors (Lipinski definition) is 3. The van der Waals surface area contributed by atoms with Crippen molar-refractivity contribution in [2.75, 3.05) is 12.8 Å². The van der Waals surface area contributed by atoms with Gasteiger partial charge in [-0.1, -0.05) is 25.1 Å². The van der Waals surface area contributed by atoms with E-state index in [0.717, 1.165) is 23.9 Å². The van der Waals surface area contributed by atoms with Crippen LogP contribution < -0.4 is 5.32 Å². The third kappa shape index (κ3) is 3.72. The Balaban J connectivity index is 1.88. The van der Waals surface area contributed by atoms with Crippen LogP contribution in [-0.2, 0) is 6.54 Å². The van der Waals surface area contributed by atoms with Gasteiger partial charge < -0.3 is 5.32 Å². The van der Waals surface area contributed by atoms with E-state index in [0.29, 0.717) is 0 Å². The number of nitrogens with one attached hydrogen (secondary N) is 1. The molecule has 0 aliphatic rings. The molecule has 1 aromatic carbocycles. The Bertz CT molecular complexity index is 499. The highest BCUT2D eigenvalue weighted by molar-refractivity contribution is 7.99. The molecule has 0 spiro atoms. The van der Waals surface area contributed by atoms with Gasteiger partial charge in [-0.05, 0) is 36.9 Å². The first-order valence-electron chi connectivity index (χ1n) is 6.37. The van der Waals surface area contributed by atoms with Gasteiger partial charge in [-0.3, -0.25) is 4.98 Å². The Labute approximate surface area is 113 Å². The summed E-state index contributed by atoms with van der Waals surface area (Å²) in [6.45, 7) is 4.23. The van der Waals surface area contributed by atoms with Crippen LogP contribution in [0.15, 0.2) is 36.5 Å². The molecule has 0 radical (unpaired) electrons. The zero-order valence-electron chi connectivity index (χ0n) is 11.0. The Kier molecular flexibility index (Phi) is 5.02. The quantitative estimate of drug-likeness (QED) is 0.805. The normalized spacial score (nSPS) is 12.8. The molecule has 1 heterocycles. The van der Waals surface area contributed by atoms with Gasteiger partial charge in [0.2, 0.25) is 0 Å². The maximum absolute atomic E-state index is 4.47. The lowest BCUT2D eigenvalue weighted by molar-refractivity contribution is 0.647. The molecule has 2 nitrogen and oxygen atoms in total. The molecule has 0 bridgehead atoms. The number of aromatic nitrogens is 1. The average Bonchev–Trinajstić information content (AvgIpc) is 2.43. The van der Waals surface area contributed by atoms with Crippen LogP contribution in [0.25, 0.3) is 10.9 Å². The molecule has 96 valence electrons. The molecule has 0 aliphatic carbocycles. The lowest BCUT2D eigenvalue weighted by Gasteiger charge is -2.09. The molecule has 3 heteroatoms. The van der Waals surface area contributed by atoms with Gasteiger partial charge >= 0.3 is 0 Å². The van der Waals surface area contributed by atoms with Crippen molar-refractivity contribution in [2.45, 2.75) is 25.1 Å². The fraction of sp³-hybridized carbons (Fsp3) is 0.400. The van der Waals surface area contributed by atoms with Crippen molar-refractivity contribution >= 4 is 22.7 Å². The fourth-order valence-corrected chi connectivity index (χ4v) is 2.22. The number of thioether (sulfide) groups is 1. The molecule has 18 heavy (non-hydrogen) atoms. The summed E-state index contributed by atoms with van der Waals surface area (Å²) in [6.07, 6.45) is 5.34. The van der Waals surface area contributed by atoms with Crippen molar-refractivity contribution in [3.63, 3.8) is 0 Å². The third-order valence-electron chi connectivity index (χ3n) is 3.11. The minimum Gasteiger partial charge on any atom is -0.313 e. The highest BCUT2D eigenvalue weighted by atomic mass is 32.2. The van der Waals surface area contributed by atoms with E-state index in [9.17, 15) is 0 Å². The van der Waals surface area contributed by atoms with Crippen LogP contribution >= 0.6 is 11.8 Å². The van der Waals surface area contributed by atoms with Crippen molar-refractivity contribution in [3.8, 4) is 0 Å². The van der Waals surface area contributed by atoms with Crippen LogP contribution in [0.4, 0.5) is 0 Å². The number of hydrogen-bond donors (Lipinski definition) is 1. The predicted octanol–water partition coefficient (Wildman–Crippen LogP) is 3.47. The Morgan fingerprint density at radius 3 is 3.00 bits per heavy atom. The number of para-hydroxylation sites is 1. The molecule has 2 rings (SSSR count). The number of pyridine rings is 1. The first kappa shape index (κ1) is 13.4. The summed E-state index contributed by atoms with van der Waals surface area (Å²) >= 11 is 1.92. The molecule has 1 aromatic heterocycles. The van der Waals surface area contributed by atoms with E-state index in [1.165, 1.54) is 17.4 Å². The van der Waals surface area contributed by atoms with Gasteiger partial charge in [0.05, 0.1) is 5.52 Å². The molecular weight excluding hydrogens is 240 g/mol. The maximum atomic E-state index is 4.47. The molecule has 0 amide bonds. The SMILES string of the molecule is CSC(C)CCNCc1cnc2ccccc2c1. The number of rotatable bonds is 6. The van der Waals surface area contributed by atoms with Gasteiger partial charge in [0.15, 0.2) is 0 Å². The lowest BCUT2D eigenvalue weighted by atomic mass is 10.1. The van der Waals surface area contributed by atoms with E-state index in [1.54, 1.807) is 0 Å². The van der Waals surface area contributed by atoms with Crippen LogP contribution in [0.1, 0.15) is 18.9 Å². The van der Waals surface area contributed by atoms with E-state index in [1.807, 2.05) is 30.1 Å². The van der Waals surface area contributed by atoms with Crippen LogP contribution in [0.3, 0.4) is 0 Å². The van der Waals surface area contributed by atoms with Crippen molar-refractivity contribution in [3.05, 3.63) is 42.1 Å². The van der Waals surface area contributed by atoms with Crippen LogP contribution in [-0.4, -0.2) is 23.0 Å². The maximum Gasteiger partial charge on any atom is 0.0702 e. The van der Waals surface area contributed by atoms with Gasteiger partial charge in [-0.25, -0.2) is 0 Å². The summed E-state index contributed by atoms with van der Waals surface area (Å²) < 4.78 is 0. The second-order valence-corrected chi connectivity index (χ2v) is 5.82. The molecule has 2 aromatic rings. The van der Waals surface area contributed by atoms with Gasteiger partial charge in [-0.15, -0.1) is 0 Å². The largest absolute Gasteiger partial charge is 0.313 e. The zero-order valence-corrected chi connectivity index (χ0v) is 11.8. The number of nitrogens with zero attached hydrogens (tertiary/aromatic N) is 1. The summed E-state index contributed by atoms with van der Waals surface area (Å²) in [7, 11) is 0. The van der Waals surface area contributed by atoms with Gasteiger partial charge in [0, 0.05) is 23.4 Å². The summed E-state index contributed by atoms with van der Waals surface area (Å²) in [5, 5.41) is 5.42. The van der Waals surface area contributed by atoms with Crippen molar-refractivity contribution in [1.29, 1.82) is 0 Å². The van der Waals surface area contributed by atoms with Crippen LogP contribution in [0, 0.1) is 0 Å². The van der Waals surface area contributed by atoms with Gasteiger partial charge in [0.25, 0.3) is 0 Å². The standard InChI is InChI=1S/C15H20N2S/c1-12(18-2)7-8-16-10-13-9-14-5-3-4-6-15(14)17-11-13/h3-6,9,11-12,16H,7-8,10H2,1-2H3. The fourth-order valence-electron chi connectivity index (χ4n) is 1.87. The minimum atomic E-state index is 0.729. The van der Waals surface area contributed by atoms with E-state index in [-0.39, 0.29) is 0 Å². The van der Waals surface area contributed by atoms with Gasteiger partial charge in [0.1, 0.15) is 0 Å².